The molecule has 0 bridgehead atoms. The van der Waals surface area contributed by atoms with Gasteiger partial charge in [0.05, 0.1) is 0 Å². The molecule has 3 nitrogen and oxygen atoms in total. The first-order valence-corrected chi connectivity index (χ1v) is 14.1. The molecule has 6 aromatic carbocycles. The van der Waals surface area contributed by atoms with Crippen LogP contribution >= 0.6 is 0 Å². The molecule has 0 N–H and O–H groups in total. The largest absolute Gasteiger partial charge is 0.208 e. The van der Waals surface area contributed by atoms with Crippen molar-refractivity contribution in [2.45, 2.75) is 19.3 Å². The van der Waals surface area contributed by atoms with Crippen LogP contribution in [0.25, 0.3) is 66.8 Å². The van der Waals surface area contributed by atoms with E-state index >= 15 is 0 Å². The van der Waals surface area contributed by atoms with E-state index in [1.54, 1.807) is 0 Å². The van der Waals surface area contributed by atoms with Gasteiger partial charge in [0, 0.05) is 27.5 Å². The quantitative estimate of drug-likeness (QED) is 0.231. The number of aromatic nitrogens is 3. The van der Waals surface area contributed by atoms with Crippen molar-refractivity contribution in [1.29, 1.82) is 0 Å². The van der Waals surface area contributed by atoms with Crippen LogP contribution in [0.4, 0.5) is 0 Å². The summed E-state index contributed by atoms with van der Waals surface area (Å²) in [5.41, 5.74) is 8.17. The van der Waals surface area contributed by atoms with Gasteiger partial charge in [-0.05, 0) is 38.4 Å². The lowest BCUT2D eigenvalue weighted by Crippen LogP contribution is -2.14. The van der Waals surface area contributed by atoms with Crippen LogP contribution in [0.2, 0.25) is 0 Å². The Kier molecular flexibility index (Phi) is 5.17. The van der Waals surface area contributed by atoms with Crippen molar-refractivity contribution >= 4 is 21.5 Å². The lowest BCUT2D eigenvalue weighted by molar-refractivity contribution is 0.661. The molecule has 41 heavy (non-hydrogen) atoms. The summed E-state index contributed by atoms with van der Waals surface area (Å²) in [6.07, 6.45) is 0. The van der Waals surface area contributed by atoms with Crippen molar-refractivity contribution in [3.63, 3.8) is 0 Å². The van der Waals surface area contributed by atoms with Crippen LogP contribution in [-0.4, -0.2) is 15.0 Å². The fourth-order valence-electron chi connectivity index (χ4n) is 6.51. The molecular weight excluding hydrogens is 498 g/mol. The van der Waals surface area contributed by atoms with E-state index in [2.05, 4.69) is 123 Å². The SMILES string of the molecule is CC1(C)c2ccccc2-c2c1ccc1cccc(-c3nc(-c4ccccc4)nc(-c4cccc5ccccc45)n3)c21. The topological polar surface area (TPSA) is 38.7 Å². The van der Waals surface area contributed by atoms with E-state index in [1.807, 2.05) is 18.2 Å². The highest BCUT2D eigenvalue weighted by atomic mass is 15.0. The smallest absolute Gasteiger partial charge is 0.164 e. The third kappa shape index (κ3) is 3.63. The molecule has 0 saturated carbocycles. The molecule has 7 aromatic rings. The van der Waals surface area contributed by atoms with Crippen LogP contribution in [0, 0.1) is 0 Å². The van der Waals surface area contributed by atoms with E-state index in [4.69, 9.17) is 15.0 Å². The number of fused-ring (bicyclic) bond motifs is 6. The highest BCUT2D eigenvalue weighted by Gasteiger charge is 2.36. The van der Waals surface area contributed by atoms with Crippen molar-refractivity contribution in [1.82, 2.24) is 15.0 Å². The van der Waals surface area contributed by atoms with Gasteiger partial charge < -0.3 is 0 Å². The number of benzene rings is 6. The molecule has 1 aliphatic rings. The van der Waals surface area contributed by atoms with Gasteiger partial charge in [-0.2, -0.15) is 0 Å². The van der Waals surface area contributed by atoms with Gasteiger partial charge in [0.1, 0.15) is 0 Å². The fourth-order valence-corrected chi connectivity index (χ4v) is 6.51. The second-order valence-corrected chi connectivity index (χ2v) is 11.3. The molecule has 3 heteroatoms. The molecule has 0 fully saturated rings. The van der Waals surface area contributed by atoms with E-state index in [1.165, 1.54) is 33.0 Å². The van der Waals surface area contributed by atoms with Crippen LogP contribution in [0.1, 0.15) is 25.0 Å². The van der Waals surface area contributed by atoms with Gasteiger partial charge in [-0.25, -0.2) is 15.0 Å². The highest BCUT2D eigenvalue weighted by Crippen LogP contribution is 2.52. The summed E-state index contributed by atoms with van der Waals surface area (Å²) in [5, 5.41) is 4.66. The van der Waals surface area contributed by atoms with Gasteiger partial charge in [-0.15, -0.1) is 0 Å². The lowest BCUT2D eigenvalue weighted by atomic mass is 9.82. The average molecular weight is 526 g/mol. The Morgan fingerprint density at radius 3 is 1.90 bits per heavy atom. The molecule has 0 spiro atoms. The normalized spacial score (nSPS) is 13.3. The van der Waals surface area contributed by atoms with Crippen molar-refractivity contribution in [2.75, 3.05) is 0 Å². The first-order valence-electron chi connectivity index (χ1n) is 14.1. The summed E-state index contributed by atoms with van der Waals surface area (Å²) < 4.78 is 0. The maximum Gasteiger partial charge on any atom is 0.164 e. The van der Waals surface area contributed by atoms with Gasteiger partial charge in [-0.3, -0.25) is 0 Å². The fraction of sp³-hybridized carbons (Fsp3) is 0.0789. The number of nitrogens with zero attached hydrogens (tertiary/aromatic N) is 3. The highest BCUT2D eigenvalue weighted by molar-refractivity contribution is 6.09. The molecule has 1 aromatic heterocycles. The van der Waals surface area contributed by atoms with E-state index in [-0.39, 0.29) is 5.41 Å². The zero-order valence-corrected chi connectivity index (χ0v) is 23.0. The maximum absolute atomic E-state index is 5.20. The minimum atomic E-state index is -0.0877. The molecule has 0 saturated heterocycles. The monoisotopic (exact) mass is 525 g/mol. The van der Waals surface area contributed by atoms with Crippen molar-refractivity contribution in [3.05, 3.63) is 139 Å². The van der Waals surface area contributed by atoms with Gasteiger partial charge in [0.15, 0.2) is 17.5 Å². The predicted molar refractivity (Wildman–Crippen MR) is 169 cm³/mol. The lowest BCUT2D eigenvalue weighted by Gasteiger charge is -2.21. The van der Waals surface area contributed by atoms with Crippen molar-refractivity contribution in [2.24, 2.45) is 0 Å². The molecule has 1 heterocycles. The summed E-state index contributed by atoms with van der Waals surface area (Å²) in [7, 11) is 0. The number of rotatable bonds is 3. The Hall–Kier alpha value is -5.15. The summed E-state index contributed by atoms with van der Waals surface area (Å²) in [6.45, 7) is 4.64. The summed E-state index contributed by atoms with van der Waals surface area (Å²) >= 11 is 0. The Labute approximate surface area is 239 Å². The minimum absolute atomic E-state index is 0.0877. The van der Waals surface area contributed by atoms with E-state index in [0.717, 1.165) is 27.5 Å². The Morgan fingerprint density at radius 1 is 0.439 bits per heavy atom. The van der Waals surface area contributed by atoms with Crippen LogP contribution in [0.3, 0.4) is 0 Å². The zero-order valence-electron chi connectivity index (χ0n) is 23.0. The van der Waals surface area contributed by atoms with Crippen LogP contribution in [-0.2, 0) is 5.41 Å². The Morgan fingerprint density at radius 2 is 1.05 bits per heavy atom. The summed E-state index contributed by atoms with van der Waals surface area (Å²) in [4.78, 5) is 15.4. The number of hydrogen-bond acceptors (Lipinski definition) is 3. The number of hydrogen-bond donors (Lipinski definition) is 0. The van der Waals surface area contributed by atoms with Gasteiger partial charge in [0.25, 0.3) is 0 Å². The third-order valence-corrected chi connectivity index (χ3v) is 8.53. The molecule has 0 unspecified atom stereocenters. The van der Waals surface area contributed by atoms with E-state index in [0.29, 0.717) is 17.5 Å². The molecular formula is C38H27N3. The minimum Gasteiger partial charge on any atom is -0.208 e. The van der Waals surface area contributed by atoms with E-state index < -0.39 is 0 Å². The van der Waals surface area contributed by atoms with Gasteiger partial charge >= 0.3 is 0 Å². The Balaban J connectivity index is 1.46. The molecule has 8 rings (SSSR count). The van der Waals surface area contributed by atoms with Gasteiger partial charge in [0.2, 0.25) is 0 Å². The van der Waals surface area contributed by atoms with Crippen LogP contribution in [0.15, 0.2) is 127 Å². The Bertz CT molecular complexity index is 2120. The average Bonchev–Trinajstić information content (AvgIpc) is 3.27. The molecule has 0 radical (unpaired) electrons. The molecule has 0 atom stereocenters. The standard InChI is InChI=1S/C38H27N3/c1-38(2)31-21-9-8-18-29(31)34-32(38)23-22-25-16-11-20-30(33(25)34)37-40-35(26-13-4-3-5-14-26)39-36(41-37)28-19-10-15-24-12-6-7-17-27(24)28/h3-23H,1-2H3. The summed E-state index contributed by atoms with van der Waals surface area (Å²) in [6, 6.07) is 44.7. The molecule has 0 amide bonds. The first kappa shape index (κ1) is 23.7. The predicted octanol–water partition coefficient (Wildman–Crippen LogP) is 9.49. The van der Waals surface area contributed by atoms with E-state index in [9.17, 15) is 0 Å². The molecule has 0 aliphatic heterocycles. The third-order valence-electron chi connectivity index (χ3n) is 8.53. The second-order valence-electron chi connectivity index (χ2n) is 11.3. The van der Waals surface area contributed by atoms with Crippen LogP contribution < -0.4 is 0 Å². The summed E-state index contributed by atoms with van der Waals surface area (Å²) in [5.74, 6) is 2.03. The maximum atomic E-state index is 5.20. The second kappa shape index (κ2) is 8.94. The van der Waals surface area contributed by atoms with Crippen LogP contribution in [0.5, 0.6) is 0 Å². The molecule has 1 aliphatic carbocycles. The van der Waals surface area contributed by atoms with Crippen molar-refractivity contribution < 1.29 is 0 Å². The van der Waals surface area contributed by atoms with Crippen molar-refractivity contribution in [3.8, 4) is 45.3 Å². The first-order chi connectivity index (χ1) is 20.1. The molecule has 194 valence electrons. The zero-order chi connectivity index (χ0) is 27.6. The van der Waals surface area contributed by atoms with Gasteiger partial charge in [-0.1, -0.05) is 141 Å².